The van der Waals surface area contributed by atoms with E-state index in [1.165, 1.54) is 6.20 Å². The second-order valence-electron chi connectivity index (χ2n) is 3.43. The van der Waals surface area contributed by atoms with E-state index in [0.29, 0.717) is 17.2 Å². The summed E-state index contributed by atoms with van der Waals surface area (Å²) in [5.41, 5.74) is 5.47. The number of amides is 1. The maximum atomic E-state index is 10.9. The summed E-state index contributed by atoms with van der Waals surface area (Å²) in [6, 6.07) is 3.12. The van der Waals surface area contributed by atoms with Crippen molar-refractivity contribution in [2.45, 2.75) is 13.0 Å². The van der Waals surface area contributed by atoms with Crippen LogP contribution >= 0.6 is 0 Å². The topological polar surface area (TPSA) is 122 Å². The molecular weight excluding hydrogens is 222 g/mol. The maximum absolute atomic E-state index is 10.9. The van der Waals surface area contributed by atoms with E-state index in [-0.39, 0.29) is 6.04 Å². The molecule has 8 heteroatoms. The number of nitrogens with zero attached hydrogens (tertiary/aromatic N) is 4. The first-order valence-corrected chi connectivity index (χ1v) is 4.92. The number of anilines is 1. The Morgan fingerprint density at radius 1 is 1.53 bits per heavy atom. The molecular formula is C9H11N7O. The van der Waals surface area contributed by atoms with Crippen molar-refractivity contribution < 1.29 is 4.79 Å². The maximum Gasteiger partial charge on any atom is 0.250 e. The highest BCUT2D eigenvalue weighted by Gasteiger charge is 2.10. The number of nitrogens with one attached hydrogen (secondary N) is 2. The molecule has 0 aliphatic heterocycles. The highest BCUT2D eigenvalue weighted by atomic mass is 16.1. The lowest BCUT2D eigenvalue weighted by atomic mass is 10.2. The van der Waals surface area contributed by atoms with Crippen molar-refractivity contribution in [2.75, 3.05) is 5.32 Å². The molecule has 0 bridgehead atoms. The van der Waals surface area contributed by atoms with Crippen LogP contribution in [0, 0.1) is 0 Å². The highest BCUT2D eigenvalue weighted by molar-refractivity contribution is 5.92. The van der Waals surface area contributed by atoms with Gasteiger partial charge in [0.05, 0.1) is 11.6 Å². The Balaban J connectivity index is 2.06. The normalized spacial score (nSPS) is 12.1. The minimum Gasteiger partial charge on any atom is -0.366 e. The lowest BCUT2D eigenvalue weighted by molar-refractivity contribution is 0.1000. The van der Waals surface area contributed by atoms with Crippen LogP contribution < -0.4 is 11.1 Å². The molecule has 2 aromatic heterocycles. The molecule has 0 fully saturated rings. The summed E-state index contributed by atoms with van der Waals surface area (Å²) in [5.74, 6) is 0.633. The molecule has 2 aromatic rings. The Labute approximate surface area is 96.6 Å². The molecule has 0 aliphatic rings. The molecule has 1 atom stereocenters. The zero-order chi connectivity index (χ0) is 12.3. The Morgan fingerprint density at radius 3 is 2.88 bits per heavy atom. The van der Waals surface area contributed by atoms with Gasteiger partial charge in [0.15, 0.2) is 5.82 Å². The number of nitrogens with two attached hydrogens (primary N) is 1. The average Bonchev–Trinajstić information content (AvgIpc) is 2.83. The molecule has 0 aliphatic carbocycles. The molecule has 88 valence electrons. The van der Waals surface area contributed by atoms with E-state index in [1.54, 1.807) is 12.1 Å². The number of tetrazole rings is 1. The fourth-order valence-electron chi connectivity index (χ4n) is 1.26. The molecule has 4 N–H and O–H groups in total. The number of aromatic nitrogens is 5. The quantitative estimate of drug-likeness (QED) is 0.675. The molecule has 1 unspecified atom stereocenters. The van der Waals surface area contributed by atoms with Gasteiger partial charge in [0, 0.05) is 6.20 Å². The van der Waals surface area contributed by atoms with Crippen LogP contribution in [0.25, 0.3) is 0 Å². The van der Waals surface area contributed by atoms with E-state index < -0.39 is 5.91 Å². The fourth-order valence-corrected chi connectivity index (χ4v) is 1.26. The van der Waals surface area contributed by atoms with Crippen molar-refractivity contribution in [3.8, 4) is 0 Å². The smallest absolute Gasteiger partial charge is 0.250 e. The first kappa shape index (κ1) is 11.0. The SMILES string of the molecule is CC(Nc1ccc(C(N)=O)cn1)c1nn[nH]n1. The van der Waals surface area contributed by atoms with Crippen molar-refractivity contribution in [3.63, 3.8) is 0 Å². The molecule has 0 radical (unpaired) electrons. The Kier molecular flexibility index (Phi) is 2.95. The average molecular weight is 233 g/mol. The number of hydrogen-bond donors (Lipinski definition) is 3. The van der Waals surface area contributed by atoms with Crippen LogP contribution in [0.5, 0.6) is 0 Å². The standard InChI is InChI=1S/C9H11N7O/c1-5(9-13-15-16-14-9)12-7-3-2-6(4-11-7)8(10)17/h2-5H,1H3,(H2,10,17)(H,11,12)(H,13,14,15,16). The first-order valence-electron chi connectivity index (χ1n) is 4.92. The number of carbonyl (C=O) groups excluding carboxylic acids is 1. The monoisotopic (exact) mass is 233 g/mol. The second-order valence-corrected chi connectivity index (χ2v) is 3.43. The number of carbonyl (C=O) groups is 1. The van der Waals surface area contributed by atoms with Gasteiger partial charge in [-0.3, -0.25) is 4.79 Å². The van der Waals surface area contributed by atoms with Gasteiger partial charge in [-0.2, -0.15) is 5.21 Å². The van der Waals surface area contributed by atoms with Gasteiger partial charge in [0.2, 0.25) is 5.91 Å². The van der Waals surface area contributed by atoms with Crippen LogP contribution in [0.3, 0.4) is 0 Å². The summed E-state index contributed by atoms with van der Waals surface area (Å²) >= 11 is 0. The highest BCUT2D eigenvalue weighted by Crippen LogP contribution is 2.13. The second kappa shape index (κ2) is 4.56. The van der Waals surface area contributed by atoms with Crippen molar-refractivity contribution in [1.82, 2.24) is 25.6 Å². The Hall–Kier alpha value is -2.51. The van der Waals surface area contributed by atoms with Crippen LogP contribution in [-0.2, 0) is 0 Å². The molecule has 2 rings (SSSR count). The van der Waals surface area contributed by atoms with Crippen LogP contribution in [0.1, 0.15) is 29.1 Å². The fraction of sp³-hybridized carbons (Fsp3) is 0.222. The molecule has 17 heavy (non-hydrogen) atoms. The lowest BCUT2D eigenvalue weighted by Gasteiger charge is -2.10. The van der Waals surface area contributed by atoms with E-state index in [2.05, 4.69) is 30.9 Å². The molecule has 0 saturated heterocycles. The largest absolute Gasteiger partial charge is 0.366 e. The van der Waals surface area contributed by atoms with E-state index >= 15 is 0 Å². The van der Waals surface area contributed by atoms with Gasteiger partial charge >= 0.3 is 0 Å². The number of pyridine rings is 1. The van der Waals surface area contributed by atoms with Crippen molar-refractivity contribution in [1.29, 1.82) is 0 Å². The van der Waals surface area contributed by atoms with Crippen molar-refractivity contribution in [3.05, 3.63) is 29.7 Å². The molecule has 0 saturated carbocycles. The molecule has 8 nitrogen and oxygen atoms in total. The van der Waals surface area contributed by atoms with Gasteiger partial charge in [-0.05, 0) is 19.1 Å². The Bertz CT molecular complexity index is 493. The van der Waals surface area contributed by atoms with Gasteiger partial charge in [-0.25, -0.2) is 4.98 Å². The van der Waals surface area contributed by atoms with Crippen LogP contribution in [0.2, 0.25) is 0 Å². The molecule has 2 heterocycles. The summed E-state index contributed by atoms with van der Waals surface area (Å²) in [5, 5.41) is 16.6. The summed E-state index contributed by atoms with van der Waals surface area (Å²) in [6.07, 6.45) is 1.41. The van der Waals surface area contributed by atoms with Gasteiger partial charge < -0.3 is 11.1 Å². The Morgan fingerprint density at radius 2 is 2.35 bits per heavy atom. The van der Waals surface area contributed by atoms with E-state index in [1.807, 2.05) is 6.92 Å². The number of H-pyrrole nitrogens is 1. The lowest BCUT2D eigenvalue weighted by Crippen LogP contribution is -2.13. The van der Waals surface area contributed by atoms with Crippen LogP contribution in [0.4, 0.5) is 5.82 Å². The third kappa shape index (κ3) is 2.54. The third-order valence-corrected chi connectivity index (χ3v) is 2.16. The van der Waals surface area contributed by atoms with Gasteiger partial charge in [0.1, 0.15) is 5.82 Å². The van der Waals surface area contributed by atoms with Crippen LogP contribution in [-0.4, -0.2) is 31.5 Å². The van der Waals surface area contributed by atoms with Gasteiger partial charge in [-0.1, -0.05) is 5.21 Å². The zero-order valence-electron chi connectivity index (χ0n) is 9.08. The summed E-state index contributed by atoms with van der Waals surface area (Å²) in [7, 11) is 0. The predicted molar refractivity (Wildman–Crippen MR) is 59.0 cm³/mol. The minimum atomic E-state index is -0.504. The molecule has 0 spiro atoms. The number of primary amides is 1. The van der Waals surface area contributed by atoms with Crippen LogP contribution in [0.15, 0.2) is 18.3 Å². The van der Waals surface area contributed by atoms with Crippen molar-refractivity contribution in [2.24, 2.45) is 5.73 Å². The minimum absolute atomic E-state index is 0.138. The summed E-state index contributed by atoms with van der Waals surface area (Å²) in [4.78, 5) is 14.9. The number of aromatic amines is 1. The number of hydrogen-bond acceptors (Lipinski definition) is 6. The summed E-state index contributed by atoms with van der Waals surface area (Å²) in [6.45, 7) is 1.87. The predicted octanol–water partition coefficient (Wildman–Crippen LogP) is -0.133. The van der Waals surface area contributed by atoms with Gasteiger partial charge in [0.25, 0.3) is 0 Å². The summed E-state index contributed by atoms with van der Waals surface area (Å²) < 4.78 is 0. The zero-order valence-corrected chi connectivity index (χ0v) is 9.08. The van der Waals surface area contributed by atoms with E-state index in [9.17, 15) is 4.79 Å². The molecule has 0 aromatic carbocycles. The first-order chi connectivity index (χ1) is 8.16. The van der Waals surface area contributed by atoms with Crippen molar-refractivity contribution >= 4 is 11.7 Å². The van der Waals surface area contributed by atoms with E-state index in [4.69, 9.17) is 5.73 Å². The van der Waals surface area contributed by atoms with Gasteiger partial charge in [-0.15, -0.1) is 10.2 Å². The number of rotatable bonds is 4. The van der Waals surface area contributed by atoms with E-state index in [0.717, 1.165) is 0 Å². The molecule has 1 amide bonds. The third-order valence-electron chi connectivity index (χ3n) is 2.16.